The maximum Gasteiger partial charge on any atom is 0.0346 e. The van der Waals surface area contributed by atoms with Crippen molar-refractivity contribution < 1.29 is 0 Å². The second kappa shape index (κ2) is 14.8. The van der Waals surface area contributed by atoms with Crippen LogP contribution in [0.15, 0.2) is 219 Å². The summed E-state index contributed by atoms with van der Waals surface area (Å²) in [6.07, 6.45) is 7.49. The quantitative estimate of drug-likeness (QED) is 0.159. The summed E-state index contributed by atoms with van der Waals surface area (Å²) in [6, 6.07) is 69.8. The van der Waals surface area contributed by atoms with E-state index in [1.165, 1.54) is 50.1 Å². The Kier molecular flexibility index (Phi) is 8.99. The fourth-order valence-electron chi connectivity index (χ4n) is 7.22. The predicted molar refractivity (Wildman–Crippen MR) is 226 cm³/mol. The van der Waals surface area contributed by atoms with Gasteiger partial charge in [0.1, 0.15) is 0 Å². The number of aromatic nitrogens is 2. The Balaban J connectivity index is 1.14. The van der Waals surface area contributed by atoms with Crippen molar-refractivity contribution in [3.63, 3.8) is 0 Å². The van der Waals surface area contributed by atoms with E-state index in [4.69, 9.17) is 0 Å². The highest BCUT2D eigenvalue weighted by Gasteiger charge is 2.13. The van der Waals surface area contributed by atoms with Gasteiger partial charge in [-0.05, 0) is 145 Å². The molecular formula is C52H36N2. The number of nitrogens with zero attached hydrogens (tertiary/aromatic N) is 2. The molecular weight excluding hydrogens is 653 g/mol. The van der Waals surface area contributed by atoms with Crippen molar-refractivity contribution in [1.82, 2.24) is 9.97 Å². The first kappa shape index (κ1) is 32.7. The molecule has 7 aromatic carbocycles. The van der Waals surface area contributed by atoms with Gasteiger partial charge in [-0.3, -0.25) is 9.97 Å². The maximum atomic E-state index is 4.43. The van der Waals surface area contributed by atoms with E-state index in [1.54, 1.807) is 0 Å². The minimum absolute atomic E-state index is 1.07. The molecule has 0 bridgehead atoms. The van der Waals surface area contributed by atoms with Crippen LogP contribution in [0.4, 0.5) is 0 Å². The normalized spacial score (nSPS) is 11.0. The van der Waals surface area contributed by atoms with Gasteiger partial charge in [0.05, 0.1) is 0 Å². The van der Waals surface area contributed by atoms with Crippen molar-refractivity contribution in [3.8, 4) is 89.0 Å². The average molecular weight is 689 g/mol. The lowest BCUT2D eigenvalue weighted by molar-refractivity contribution is 1.32. The maximum absolute atomic E-state index is 4.43. The van der Waals surface area contributed by atoms with Crippen LogP contribution >= 0.6 is 0 Å². The standard InChI is InChI=1S/C52H36N2/c1-3-12-37(13-4-1)39-16-7-17-40(26-39)41-18-8-19-42(27-41)43-20-9-21-44(28-43)48-29-47(38-14-5-2-6-15-38)30-51(31-48)52-33-49(45-22-10-24-53-35-45)32-50(34-52)46-23-11-25-54-36-46/h1-36H. The Morgan fingerprint density at radius 3 is 0.796 bits per heavy atom. The van der Waals surface area contributed by atoms with Gasteiger partial charge in [0.2, 0.25) is 0 Å². The summed E-state index contributed by atoms with van der Waals surface area (Å²) in [6.45, 7) is 0. The van der Waals surface area contributed by atoms with Gasteiger partial charge in [-0.25, -0.2) is 0 Å². The molecule has 0 radical (unpaired) electrons. The molecule has 0 fully saturated rings. The van der Waals surface area contributed by atoms with Gasteiger partial charge < -0.3 is 0 Å². The summed E-state index contributed by atoms with van der Waals surface area (Å²) in [5.41, 5.74) is 18.5. The van der Waals surface area contributed by atoms with Gasteiger partial charge in [-0.2, -0.15) is 0 Å². The SMILES string of the molecule is c1ccc(-c2cccc(-c3cccc(-c4cccc(-c5cc(-c6ccccc6)cc(-c6cc(-c7cccnc7)cc(-c7cccnc7)c6)c5)c4)c3)c2)cc1. The minimum Gasteiger partial charge on any atom is -0.264 e. The van der Waals surface area contributed by atoms with Crippen LogP contribution in [0, 0.1) is 0 Å². The molecule has 0 amide bonds. The van der Waals surface area contributed by atoms with Gasteiger partial charge >= 0.3 is 0 Å². The smallest absolute Gasteiger partial charge is 0.0346 e. The molecule has 0 unspecified atom stereocenters. The lowest BCUT2D eigenvalue weighted by atomic mass is 9.89. The minimum atomic E-state index is 1.07. The third-order valence-electron chi connectivity index (χ3n) is 9.99. The van der Waals surface area contributed by atoms with Crippen LogP contribution in [0.25, 0.3) is 89.0 Å². The van der Waals surface area contributed by atoms with E-state index in [9.17, 15) is 0 Å². The number of rotatable bonds is 8. The van der Waals surface area contributed by atoms with E-state index >= 15 is 0 Å². The van der Waals surface area contributed by atoms with Gasteiger partial charge in [-0.1, -0.05) is 127 Å². The first-order valence-electron chi connectivity index (χ1n) is 18.3. The molecule has 2 heterocycles. The molecule has 9 aromatic rings. The van der Waals surface area contributed by atoms with Crippen LogP contribution in [0.1, 0.15) is 0 Å². The summed E-state index contributed by atoms with van der Waals surface area (Å²) in [7, 11) is 0. The molecule has 54 heavy (non-hydrogen) atoms. The average Bonchev–Trinajstić information content (AvgIpc) is 3.27. The molecule has 0 spiro atoms. The molecule has 0 aliphatic carbocycles. The largest absolute Gasteiger partial charge is 0.264 e. The molecule has 2 nitrogen and oxygen atoms in total. The third-order valence-corrected chi connectivity index (χ3v) is 9.99. The first-order valence-corrected chi connectivity index (χ1v) is 18.3. The Labute approximate surface area is 316 Å². The molecule has 0 aliphatic rings. The van der Waals surface area contributed by atoms with Crippen molar-refractivity contribution in [2.75, 3.05) is 0 Å². The summed E-state index contributed by atoms with van der Waals surface area (Å²) in [5.74, 6) is 0. The fraction of sp³-hybridized carbons (Fsp3) is 0. The van der Waals surface area contributed by atoms with E-state index in [0.29, 0.717) is 0 Å². The van der Waals surface area contributed by atoms with Crippen LogP contribution in [-0.2, 0) is 0 Å². The lowest BCUT2D eigenvalue weighted by Gasteiger charge is -2.15. The molecule has 254 valence electrons. The van der Waals surface area contributed by atoms with Gasteiger partial charge in [-0.15, -0.1) is 0 Å². The van der Waals surface area contributed by atoms with Crippen LogP contribution in [-0.4, -0.2) is 9.97 Å². The Hall–Kier alpha value is -7.16. The highest BCUT2D eigenvalue weighted by molar-refractivity contribution is 5.87. The van der Waals surface area contributed by atoms with Gasteiger partial charge in [0, 0.05) is 35.9 Å². The van der Waals surface area contributed by atoms with E-state index in [2.05, 4.69) is 192 Å². The van der Waals surface area contributed by atoms with Gasteiger partial charge in [0.15, 0.2) is 0 Å². The Bertz CT molecular complexity index is 2630. The van der Waals surface area contributed by atoms with E-state index in [1.807, 2.05) is 36.9 Å². The Morgan fingerprint density at radius 2 is 0.426 bits per heavy atom. The molecule has 0 N–H and O–H groups in total. The Morgan fingerprint density at radius 1 is 0.185 bits per heavy atom. The second-order valence-electron chi connectivity index (χ2n) is 13.6. The zero-order valence-electron chi connectivity index (χ0n) is 29.7. The molecule has 0 saturated carbocycles. The molecule has 2 heteroatoms. The second-order valence-corrected chi connectivity index (χ2v) is 13.6. The van der Waals surface area contributed by atoms with Crippen molar-refractivity contribution in [1.29, 1.82) is 0 Å². The summed E-state index contributed by atoms with van der Waals surface area (Å²) >= 11 is 0. The summed E-state index contributed by atoms with van der Waals surface area (Å²) in [5, 5.41) is 0. The first-order chi connectivity index (χ1) is 26.7. The van der Waals surface area contributed by atoms with E-state index in [0.717, 1.165) is 38.9 Å². The van der Waals surface area contributed by atoms with Crippen molar-refractivity contribution in [2.45, 2.75) is 0 Å². The molecule has 0 atom stereocenters. The zero-order chi connectivity index (χ0) is 36.1. The third kappa shape index (κ3) is 7.01. The van der Waals surface area contributed by atoms with E-state index in [-0.39, 0.29) is 0 Å². The highest BCUT2D eigenvalue weighted by Crippen LogP contribution is 2.38. The van der Waals surface area contributed by atoms with Crippen molar-refractivity contribution in [3.05, 3.63) is 219 Å². The number of pyridine rings is 2. The number of hydrogen-bond acceptors (Lipinski definition) is 2. The van der Waals surface area contributed by atoms with Gasteiger partial charge in [0.25, 0.3) is 0 Å². The summed E-state index contributed by atoms with van der Waals surface area (Å²) < 4.78 is 0. The van der Waals surface area contributed by atoms with Crippen LogP contribution in [0.3, 0.4) is 0 Å². The van der Waals surface area contributed by atoms with E-state index < -0.39 is 0 Å². The molecule has 2 aromatic heterocycles. The molecule has 0 aliphatic heterocycles. The van der Waals surface area contributed by atoms with Crippen molar-refractivity contribution in [2.24, 2.45) is 0 Å². The topological polar surface area (TPSA) is 25.8 Å². The lowest BCUT2D eigenvalue weighted by Crippen LogP contribution is -1.90. The molecule has 9 rings (SSSR count). The summed E-state index contributed by atoms with van der Waals surface area (Å²) in [4.78, 5) is 8.87. The van der Waals surface area contributed by atoms with Crippen molar-refractivity contribution >= 4 is 0 Å². The molecule has 0 saturated heterocycles. The monoisotopic (exact) mass is 688 g/mol. The number of hydrogen-bond donors (Lipinski definition) is 0. The fourth-order valence-corrected chi connectivity index (χ4v) is 7.22. The van der Waals surface area contributed by atoms with Crippen LogP contribution in [0.2, 0.25) is 0 Å². The zero-order valence-corrected chi connectivity index (χ0v) is 29.7. The highest BCUT2D eigenvalue weighted by atomic mass is 14.6. The van der Waals surface area contributed by atoms with Crippen LogP contribution < -0.4 is 0 Å². The predicted octanol–water partition coefficient (Wildman–Crippen LogP) is 13.8. The number of benzene rings is 7. The van der Waals surface area contributed by atoms with Crippen LogP contribution in [0.5, 0.6) is 0 Å².